The fraction of sp³-hybridized carbons (Fsp3) is 1.00. The molecule has 0 aromatic rings. The molecular weight excluding hydrogens is 406 g/mol. The summed E-state index contributed by atoms with van der Waals surface area (Å²) in [7, 11) is 0.619. The minimum atomic E-state index is -1.83. The van der Waals surface area contributed by atoms with Crippen molar-refractivity contribution in [3.05, 3.63) is 0 Å². The van der Waals surface area contributed by atoms with Crippen LogP contribution in [0.5, 0.6) is 0 Å². The van der Waals surface area contributed by atoms with Crippen molar-refractivity contribution >= 4 is 7.87 Å². The topological polar surface area (TPSA) is 39.3 Å². The summed E-state index contributed by atoms with van der Waals surface area (Å²) in [4.78, 5) is 7.31. The van der Waals surface area contributed by atoms with Gasteiger partial charge in [-0.25, -0.2) is 0 Å². The number of alkyl halides is 3. The van der Waals surface area contributed by atoms with Gasteiger partial charge in [0.25, 0.3) is 0 Å². The van der Waals surface area contributed by atoms with Crippen LogP contribution in [0.2, 0.25) is 0 Å². The summed E-state index contributed by atoms with van der Waals surface area (Å²) in [5.41, 5.74) is 0. The first-order valence-electron chi connectivity index (χ1n) is 8.68. The van der Waals surface area contributed by atoms with Gasteiger partial charge in [0.2, 0.25) is 0 Å². The molecule has 2 atom stereocenters. The molecule has 0 fully saturated rings. The molecule has 0 aliphatic rings. The van der Waals surface area contributed by atoms with Crippen LogP contribution in [0.25, 0.3) is 0 Å². The van der Waals surface area contributed by atoms with Gasteiger partial charge < -0.3 is 0 Å². The Morgan fingerprint density at radius 3 is 2.14 bits per heavy atom. The van der Waals surface area contributed by atoms with Gasteiger partial charge in [-0.15, -0.1) is 0 Å². The third-order valence-corrected chi connectivity index (χ3v) is 13.4. The summed E-state index contributed by atoms with van der Waals surface area (Å²) in [5, 5.41) is 7.86. The van der Waals surface area contributed by atoms with Crippen LogP contribution in [0, 0.1) is 5.92 Å². The van der Waals surface area contributed by atoms with Crippen LogP contribution in [0.3, 0.4) is 0 Å². The molecule has 6 heteroatoms. The van der Waals surface area contributed by atoms with E-state index < -0.39 is 26.6 Å². The van der Waals surface area contributed by atoms with Gasteiger partial charge in [0, 0.05) is 0 Å². The summed E-state index contributed by atoms with van der Waals surface area (Å²) < 4.78 is 6.63. The average Bonchev–Trinajstić information content (AvgIpc) is 2.43. The molecule has 0 spiro atoms. The van der Waals surface area contributed by atoms with Crippen molar-refractivity contribution in [3.8, 4) is 0 Å². The van der Waals surface area contributed by atoms with Crippen LogP contribution in [0.15, 0.2) is 0 Å². The third kappa shape index (κ3) is 9.33. The zero-order chi connectivity index (χ0) is 17.2. The van der Waals surface area contributed by atoms with Crippen LogP contribution in [0.1, 0.15) is 53.4 Å². The standard InChI is InChI=1S/C16H42IN4P/c1-9-12-13-18-22(20-17(5,6)7,21(8)14-10-2)19-15-16(4)11-3/h16,18-20H,9-15H2,1-8H3/t16-,22?/m1/s1. The van der Waals surface area contributed by atoms with Gasteiger partial charge in [-0.05, 0) is 0 Å². The van der Waals surface area contributed by atoms with E-state index in [-0.39, 0.29) is 0 Å². The van der Waals surface area contributed by atoms with Gasteiger partial charge in [-0.1, -0.05) is 0 Å². The Morgan fingerprint density at radius 2 is 1.68 bits per heavy atom. The molecule has 0 saturated carbocycles. The fourth-order valence-electron chi connectivity index (χ4n) is 2.11. The molecule has 0 amide bonds. The van der Waals surface area contributed by atoms with Crippen molar-refractivity contribution in [1.29, 1.82) is 0 Å². The predicted molar refractivity (Wildman–Crippen MR) is 101 cm³/mol. The van der Waals surface area contributed by atoms with Crippen LogP contribution in [0.4, 0.5) is 0 Å². The number of hydrogen-bond acceptors (Lipinski definition) is 4. The van der Waals surface area contributed by atoms with Crippen LogP contribution in [-0.2, 0) is 0 Å². The van der Waals surface area contributed by atoms with Crippen molar-refractivity contribution < 1.29 is 18.7 Å². The Bertz CT molecular complexity index is 286. The average molecular weight is 448 g/mol. The van der Waals surface area contributed by atoms with E-state index in [2.05, 4.69) is 67.7 Å². The molecule has 4 nitrogen and oxygen atoms in total. The Labute approximate surface area is 145 Å². The molecule has 1 unspecified atom stereocenters. The summed E-state index contributed by atoms with van der Waals surface area (Å²) in [6, 6.07) is 0. The number of unbranched alkanes of at least 4 members (excludes halogenated alkanes) is 1. The van der Waals surface area contributed by atoms with Crippen molar-refractivity contribution in [1.82, 2.24) is 18.1 Å². The molecule has 3 N–H and O–H groups in total. The molecule has 0 bridgehead atoms. The summed E-state index contributed by atoms with van der Waals surface area (Å²) >= 11 is -1.83. The SMILES string of the molecule is CCCCN[P+](NC[C@H](C)CC)(N[I-](C)(C)C)N(C)CCC. The number of hydrogen-bond donors (Lipinski definition) is 3. The molecule has 22 heavy (non-hydrogen) atoms. The minimum absolute atomic E-state index is 0.718. The van der Waals surface area contributed by atoms with Gasteiger partial charge in [0.15, 0.2) is 0 Å². The fourth-order valence-corrected chi connectivity index (χ4v) is 13.7. The van der Waals surface area contributed by atoms with E-state index in [1.54, 1.807) is 0 Å². The molecule has 0 radical (unpaired) electrons. The van der Waals surface area contributed by atoms with E-state index >= 15 is 0 Å². The van der Waals surface area contributed by atoms with Crippen LogP contribution >= 0.6 is 7.87 Å². The van der Waals surface area contributed by atoms with Crippen molar-refractivity contribution in [2.75, 3.05) is 41.5 Å². The molecule has 0 rings (SSSR count). The molecule has 0 aromatic heterocycles. The van der Waals surface area contributed by atoms with E-state index in [1.165, 1.54) is 25.7 Å². The van der Waals surface area contributed by atoms with Crippen molar-refractivity contribution in [3.63, 3.8) is 0 Å². The number of nitrogens with zero attached hydrogens (tertiary/aromatic N) is 1. The number of halogens is 1. The Kier molecular flexibility index (Phi) is 12.1. The molecule has 0 aromatic carbocycles. The summed E-state index contributed by atoms with van der Waals surface area (Å²) in [5.74, 6) is 0.718. The molecule has 0 heterocycles. The van der Waals surface area contributed by atoms with Crippen molar-refractivity contribution in [2.24, 2.45) is 5.92 Å². The van der Waals surface area contributed by atoms with Gasteiger partial charge in [0.05, 0.1) is 0 Å². The van der Waals surface area contributed by atoms with Crippen LogP contribution in [-0.4, -0.2) is 46.1 Å². The molecular formula is C16H42IN4P. The molecule has 0 aliphatic heterocycles. The van der Waals surface area contributed by atoms with Gasteiger partial charge in [0.1, 0.15) is 0 Å². The van der Waals surface area contributed by atoms with E-state index in [4.69, 9.17) is 0 Å². The molecule has 0 aliphatic carbocycles. The van der Waals surface area contributed by atoms with E-state index in [9.17, 15) is 0 Å². The predicted octanol–water partition coefficient (Wildman–Crippen LogP) is 0.586. The van der Waals surface area contributed by atoms with E-state index in [0.717, 1.165) is 25.6 Å². The van der Waals surface area contributed by atoms with Crippen LogP contribution < -0.4 is 32.2 Å². The zero-order valence-electron chi connectivity index (χ0n) is 16.3. The second-order valence-corrected chi connectivity index (χ2v) is 20.9. The maximum atomic E-state index is 4.09. The second-order valence-electron chi connectivity index (χ2n) is 6.94. The summed E-state index contributed by atoms with van der Waals surface area (Å²) in [6.07, 6.45) is 4.91. The maximum absolute atomic E-state index is 4.09. The normalized spacial score (nSPS) is 17.5. The van der Waals surface area contributed by atoms with Crippen molar-refractivity contribution in [2.45, 2.75) is 53.4 Å². The van der Waals surface area contributed by atoms with Gasteiger partial charge >= 0.3 is 145 Å². The zero-order valence-corrected chi connectivity index (χ0v) is 19.4. The Morgan fingerprint density at radius 1 is 1.05 bits per heavy atom. The second kappa shape index (κ2) is 11.5. The first-order chi connectivity index (χ1) is 10.2. The number of rotatable bonds is 13. The molecule has 138 valence electrons. The van der Waals surface area contributed by atoms with E-state index in [0.29, 0.717) is 0 Å². The molecule has 0 saturated heterocycles. The summed E-state index contributed by atoms with van der Waals surface area (Å²) in [6.45, 7) is 12.5. The first kappa shape index (κ1) is 23.0. The first-order valence-corrected chi connectivity index (χ1v) is 18.0. The number of nitrogens with one attached hydrogen (secondary N) is 3. The van der Waals surface area contributed by atoms with Gasteiger partial charge in [-0.2, -0.15) is 0 Å². The monoisotopic (exact) mass is 448 g/mol. The third-order valence-electron chi connectivity index (χ3n) is 3.67. The van der Waals surface area contributed by atoms with E-state index in [1.807, 2.05) is 0 Å². The quantitative estimate of drug-likeness (QED) is 0.127. The Hall–Kier alpha value is 1.00. The Balaban J connectivity index is 5.18. The van der Waals surface area contributed by atoms with Gasteiger partial charge in [-0.3, -0.25) is 0 Å².